The summed E-state index contributed by atoms with van der Waals surface area (Å²) in [7, 11) is -0.580. The average Bonchev–Trinajstić information content (AvgIpc) is 2.33. The van der Waals surface area contributed by atoms with E-state index in [-0.39, 0.29) is 12.3 Å². The summed E-state index contributed by atoms with van der Waals surface area (Å²) in [5.74, 6) is -0.752. The predicted octanol–water partition coefficient (Wildman–Crippen LogP) is -0.617. The van der Waals surface area contributed by atoms with Crippen LogP contribution in [0.25, 0.3) is 0 Å². The zero-order valence-electron chi connectivity index (χ0n) is 11.7. The maximum Gasteiger partial charge on any atom is 0.326 e. The van der Waals surface area contributed by atoms with Gasteiger partial charge in [-0.1, -0.05) is 0 Å². The summed E-state index contributed by atoms with van der Waals surface area (Å²) in [4.78, 5) is 22.4. The quantitative estimate of drug-likeness (QED) is 0.520. The number of thioether (sulfide) groups is 1. The molecule has 2 amide bonds. The third-order valence-electron chi connectivity index (χ3n) is 2.42. The van der Waals surface area contributed by atoms with Crippen molar-refractivity contribution in [2.24, 2.45) is 0 Å². The molecule has 0 aromatic rings. The van der Waals surface area contributed by atoms with Crippen molar-refractivity contribution in [3.05, 3.63) is 0 Å². The van der Waals surface area contributed by atoms with Crippen LogP contribution in [-0.4, -0.2) is 74.3 Å². The molecule has 20 heavy (non-hydrogen) atoms. The molecule has 0 fully saturated rings. The lowest BCUT2D eigenvalue weighted by molar-refractivity contribution is -0.139. The molecule has 0 aliphatic heterocycles. The number of sulfonamides is 1. The van der Waals surface area contributed by atoms with Crippen molar-refractivity contribution in [3.63, 3.8) is 0 Å². The Morgan fingerprint density at radius 3 is 2.40 bits per heavy atom. The van der Waals surface area contributed by atoms with Gasteiger partial charge in [-0.3, -0.25) is 0 Å². The van der Waals surface area contributed by atoms with E-state index in [1.807, 2.05) is 6.26 Å². The summed E-state index contributed by atoms with van der Waals surface area (Å²) in [6.07, 6.45) is 2.14. The lowest BCUT2D eigenvalue weighted by atomic mass is 10.2. The minimum atomic E-state index is -3.38. The summed E-state index contributed by atoms with van der Waals surface area (Å²) in [5.41, 5.74) is 0. The van der Waals surface area contributed by atoms with Gasteiger partial charge in [0.15, 0.2) is 0 Å². The number of nitrogens with zero attached hydrogens (tertiary/aromatic N) is 1. The van der Waals surface area contributed by atoms with Crippen molar-refractivity contribution >= 4 is 33.8 Å². The molecule has 3 N–H and O–H groups in total. The first-order valence-electron chi connectivity index (χ1n) is 5.87. The largest absolute Gasteiger partial charge is 0.480 e. The van der Waals surface area contributed by atoms with E-state index in [1.165, 1.54) is 25.9 Å². The zero-order valence-corrected chi connectivity index (χ0v) is 13.4. The van der Waals surface area contributed by atoms with Crippen LogP contribution >= 0.6 is 11.8 Å². The third kappa shape index (κ3) is 7.56. The average molecular weight is 327 g/mol. The Morgan fingerprint density at radius 2 is 1.95 bits per heavy atom. The highest BCUT2D eigenvalue weighted by Gasteiger charge is 2.19. The van der Waals surface area contributed by atoms with Gasteiger partial charge in [0.25, 0.3) is 0 Å². The van der Waals surface area contributed by atoms with E-state index < -0.39 is 28.1 Å². The van der Waals surface area contributed by atoms with Crippen LogP contribution in [-0.2, 0) is 14.8 Å². The molecule has 0 saturated heterocycles. The van der Waals surface area contributed by atoms with Crippen molar-refractivity contribution in [2.75, 3.05) is 38.4 Å². The molecular formula is C10H21N3O5S2. The number of carbonyl (C=O) groups is 2. The van der Waals surface area contributed by atoms with Gasteiger partial charge < -0.3 is 15.7 Å². The normalized spacial score (nSPS) is 13.0. The monoisotopic (exact) mass is 327 g/mol. The van der Waals surface area contributed by atoms with Crippen molar-refractivity contribution in [3.8, 4) is 0 Å². The van der Waals surface area contributed by atoms with Crippen LogP contribution in [0.15, 0.2) is 0 Å². The number of nitrogens with one attached hydrogen (secondary N) is 2. The number of carbonyl (C=O) groups excluding carboxylic acids is 1. The third-order valence-corrected chi connectivity index (χ3v) is 4.89. The molecule has 0 unspecified atom stereocenters. The van der Waals surface area contributed by atoms with Crippen molar-refractivity contribution in [1.29, 1.82) is 0 Å². The smallest absolute Gasteiger partial charge is 0.326 e. The summed E-state index contributed by atoms with van der Waals surface area (Å²) in [6, 6.07) is -1.67. The molecule has 0 spiro atoms. The van der Waals surface area contributed by atoms with Gasteiger partial charge in [0, 0.05) is 20.6 Å². The minimum absolute atomic E-state index is 0.0821. The lowest BCUT2D eigenvalue weighted by Gasteiger charge is -2.15. The van der Waals surface area contributed by atoms with Crippen molar-refractivity contribution < 1.29 is 23.1 Å². The summed E-state index contributed by atoms with van der Waals surface area (Å²) in [6.45, 7) is -0.0821. The molecule has 118 valence electrons. The van der Waals surface area contributed by atoms with E-state index in [2.05, 4.69) is 10.6 Å². The minimum Gasteiger partial charge on any atom is -0.480 e. The summed E-state index contributed by atoms with van der Waals surface area (Å²) in [5, 5.41) is 13.5. The van der Waals surface area contributed by atoms with Gasteiger partial charge in [0.05, 0.1) is 5.75 Å². The van der Waals surface area contributed by atoms with Crippen LogP contribution in [0.1, 0.15) is 6.42 Å². The number of carboxylic acid groups (broad SMARTS) is 1. The van der Waals surface area contributed by atoms with Crippen LogP contribution in [0, 0.1) is 0 Å². The number of urea groups is 1. The number of aliphatic carboxylic acids is 1. The van der Waals surface area contributed by atoms with Gasteiger partial charge >= 0.3 is 12.0 Å². The zero-order chi connectivity index (χ0) is 15.8. The Hall–Kier alpha value is -1.00. The van der Waals surface area contributed by atoms with Crippen LogP contribution < -0.4 is 10.6 Å². The van der Waals surface area contributed by atoms with Gasteiger partial charge in [-0.05, 0) is 18.4 Å². The Bertz CT molecular complexity index is 425. The van der Waals surface area contributed by atoms with E-state index in [0.29, 0.717) is 12.2 Å². The van der Waals surface area contributed by atoms with E-state index in [4.69, 9.17) is 5.11 Å². The number of carboxylic acids is 1. The van der Waals surface area contributed by atoms with Gasteiger partial charge in [-0.2, -0.15) is 11.8 Å². The number of amides is 2. The van der Waals surface area contributed by atoms with Gasteiger partial charge in [0.1, 0.15) is 6.04 Å². The first kappa shape index (κ1) is 19.0. The molecular weight excluding hydrogens is 306 g/mol. The summed E-state index contributed by atoms with van der Waals surface area (Å²) < 4.78 is 23.9. The van der Waals surface area contributed by atoms with Crippen molar-refractivity contribution in [1.82, 2.24) is 14.9 Å². The standard InChI is InChI=1S/C10H21N3O5S2/c1-13(2)20(17,18)7-5-11-10(16)12-8(9(14)15)4-6-19-3/h8H,4-7H2,1-3H3,(H,14,15)(H2,11,12,16)/t8-/m1/s1. The Labute approximate surface area is 123 Å². The highest BCUT2D eigenvalue weighted by molar-refractivity contribution is 7.98. The molecule has 1 atom stereocenters. The molecule has 0 heterocycles. The van der Waals surface area contributed by atoms with Crippen LogP contribution in [0.4, 0.5) is 4.79 Å². The molecule has 0 rings (SSSR count). The van der Waals surface area contributed by atoms with E-state index in [9.17, 15) is 18.0 Å². The van der Waals surface area contributed by atoms with Crippen LogP contribution in [0.2, 0.25) is 0 Å². The fourth-order valence-corrected chi connectivity index (χ4v) is 2.38. The van der Waals surface area contributed by atoms with E-state index in [0.717, 1.165) is 4.31 Å². The topological polar surface area (TPSA) is 116 Å². The maximum absolute atomic E-state index is 11.5. The fourth-order valence-electron chi connectivity index (χ4n) is 1.18. The fraction of sp³-hybridized carbons (Fsp3) is 0.800. The number of rotatable bonds is 9. The highest BCUT2D eigenvalue weighted by atomic mass is 32.2. The molecule has 0 saturated carbocycles. The number of hydrogen-bond acceptors (Lipinski definition) is 5. The van der Waals surface area contributed by atoms with Gasteiger partial charge in [-0.15, -0.1) is 0 Å². The molecule has 0 bridgehead atoms. The van der Waals surface area contributed by atoms with Crippen LogP contribution in [0.5, 0.6) is 0 Å². The molecule has 0 radical (unpaired) electrons. The first-order chi connectivity index (χ1) is 9.20. The Balaban J connectivity index is 4.18. The second-order valence-corrected chi connectivity index (χ2v) is 7.46. The first-order valence-corrected chi connectivity index (χ1v) is 8.87. The SMILES string of the molecule is CSCC[C@@H](NC(=O)NCCS(=O)(=O)N(C)C)C(=O)O. The second-order valence-electron chi connectivity index (χ2n) is 4.17. The molecule has 0 aromatic carbocycles. The van der Waals surface area contributed by atoms with E-state index >= 15 is 0 Å². The van der Waals surface area contributed by atoms with E-state index in [1.54, 1.807) is 0 Å². The second kappa shape index (κ2) is 9.03. The maximum atomic E-state index is 11.5. The molecule has 10 heteroatoms. The number of hydrogen-bond donors (Lipinski definition) is 3. The predicted molar refractivity (Wildman–Crippen MR) is 78.4 cm³/mol. The van der Waals surface area contributed by atoms with Gasteiger partial charge in [-0.25, -0.2) is 22.3 Å². The molecule has 0 aliphatic rings. The lowest BCUT2D eigenvalue weighted by Crippen LogP contribution is -2.47. The highest BCUT2D eigenvalue weighted by Crippen LogP contribution is 2.00. The van der Waals surface area contributed by atoms with Crippen LogP contribution in [0.3, 0.4) is 0 Å². The molecule has 0 aliphatic carbocycles. The molecule has 0 aromatic heterocycles. The van der Waals surface area contributed by atoms with Gasteiger partial charge in [0.2, 0.25) is 10.0 Å². The summed E-state index contributed by atoms with van der Waals surface area (Å²) >= 11 is 1.48. The molecule has 8 nitrogen and oxygen atoms in total. The Morgan fingerprint density at radius 1 is 1.35 bits per heavy atom. The Kier molecular flexibility index (Phi) is 8.58. The van der Waals surface area contributed by atoms with Crippen molar-refractivity contribution in [2.45, 2.75) is 12.5 Å².